The molecule has 0 amide bonds. The number of hydrogen-bond acceptors (Lipinski definition) is 7. The van der Waals surface area contributed by atoms with Crippen LogP contribution in [0.5, 0.6) is 0 Å². The predicted molar refractivity (Wildman–Crippen MR) is 145 cm³/mol. The molecular weight excluding hydrogens is 480 g/mol. The van der Waals surface area contributed by atoms with E-state index in [0.29, 0.717) is 33.1 Å². The van der Waals surface area contributed by atoms with Crippen LogP contribution >= 0.6 is 23.5 Å². The zero-order valence-electron chi connectivity index (χ0n) is 20.7. The summed E-state index contributed by atoms with van der Waals surface area (Å²) in [5.41, 5.74) is 4.26. The van der Waals surface area contributed by atoms with Crippen LogP contribution in [0, 0.1) is 13.8 Å². The number of halogens is 1. The molecule has 2 N–H and O–H groups in total. The Morgan fingerprint density at radius 1 is 1.11 bits per heavy atom. The molecule has 8 heteroatoms. The number of aryl methyl sites for hydroxylation is 1. The van der Waals surface area contributed by atoms with Gasteiger partial charge in [-0.1, -0.05) is 23.7 Å². The molecule has 0 saturated carbocycles. The van der Waals surface area contributed by atoms with Crippen LogP contribution in [0.2, 0.25) is 5.15 Å². The number of anilines is 1. The molecule has 6 nitrogen and oxygen atoms in total. The van der Waals surface area contributed by atoms with Gasteiger partial charge in [0, 0.05) is 22.9 Å². The van der Waals surface area contributed by atoms with Gasteiger partial charge >= 0.3 is 0 Å². The highest BCUT2D eigenvalue weighted by Gasteiger charge is 2.21. The minimum Gasteiger partial charge on any atom is -0.454 e. The van der Waals surface area contributed by atoms with E-state index in [0.717, 1.165) is 21.8 Å². The van der Waals surface area contributed by atoms with Crippen LogP contribution in [0.3, 0.4) is 0 Å². The smallest absolute Gasteiger partial charge is 0.196 e. The maximum Gasteiger partial charge on any atom is 0.196 e. The van der Waals surface area contributed by atoms with Crippen molar-refractivity contribution in [2.24, 2.45) is 0 Å². The van der Waals surface area contributed by atoms with Crippen molar-refractivity contribution < 1.29 is 4.42 Å². The van der Waals surface area contributed by atoms with E-state index in [1.807, 2.05) is 50.2 Å². The first-order valence-electron chi connectivity index (χ1n) is 11.4. The molecule has 0 bridgehead atoms. The van der Waals surface area contributed by atoms with Crippen molar-refractivity contribution >= 4 is 40.2 Å². The molecule has 182 valence electrons. The lowest BCUT2D eigenvalue weighted by atomic mass is 9.99. The van der Waals surface area contributed by atoms with Crippen LogP contribution in [0.15, 0.2) is 62.9 Å². The van der Waals surface area contributed by atoms with Gasteiger partial charge in [0.2, 0.25) is 0 Å². The van der Waals surface area contributed by atoms with Crippen molar-refractivity contribution in [3.8, 4) is 11.5 Å². The molecule has 0 fully saturated rings. The summed E-state index contributed by atoms with van der Waals surface area (Å²) in [4.78, 5) is 22.2. The average molecular weight is 509 g/mol. The van der Waals surface area contributed by atoms with Crippen molar-refractivity contribution in [1.29, 1.82) is 0 Å². The number of rotatable bonds is 6. The molecule has 3 heterocycles. The Labute approximate surface area is 214 Å². The Morgan fingerprint density at radius 2 is 1.89 bits per heavy atom. The third-order valence-corrected chi connectivity index (χ3v) is 6.84. The topological polar surface area (TPSA) is 80.1 Å². The molecule has 4 aromatic rings. The van der Waals surface area contributed by atoms with E-state index in [4.69, 9.17) is 16.0 Å². The molecule has 0 saturated heterocycles. The third-order valence-electron chi connectivity index (χ3n) is 5.41. The van der Waals surface area contributed by atoms with Crippen LogP contribution in [-0.2, 0) is 0 Å². The standard InChI is InChI=1S/C27H29ClN4O2S/c1-15-13-18(17(3)30-21-10-11-22(28)31-26(21)35-32-27(4,5)6)25-19(14-15)23(33)16(2)24(34-25)20-9-7-8-12-29-20/h7-14,17,30,32H,1-6H3. The number of benzene rings is 1. The van der Waals surface area contributed by atoms with Crippen molar-refractivity contribution in [2.75, 3.05) is 5.32 Å². The van der Waals surface area contributed by atoms with Crippen molar-refractivity contribution in [3.63, 3.8) is 0 Å². The Hall–Kier alpha value is -2.87. The van der Waals surface area contributed by atoms with Gasteiger partial charge < -0.3 is 9.73 Å². The van der Waals surface area contributed by atoms with Gasteiger partial charge in [-0.15, -0.1) is 0 Å². The van der Waals surface area contributed by atoms with Gasteiger partial charge in [0.15, 0.2) is 11.2 Å². The van der Waals surface area contributed by atoms with E-state index >= 15 is 0 Å². The predicted octanol–water partition coefficient (Wildman–Crippen LogP) is 7.09. The van der Waals surface area contributed by atoms with E-state index < -0.39 is 0 Å². The fourth-order valence-corrected chi connectivity index (χ4v) is 4.73. The summed E-state index contributed by atoms with van der Waals surface area (Å²) in [5, 5.41) is 5.26. The molecule has 0 radical (unpaired) electrons. The molecule has 1 atom stereocenters. The summed E-state index contributed by atoms with van der Waals surface area (Å²) in [7, 11) is 0. The molecule has 3 aromatic heterocycles. The number of hydrogen-bond donors (Lipinski definition) is 2. The molecule has 0 aliphatic carbocycles. The molecule has 0 spiro atoms. The fraction of sp³-hybridized carbons (Fsp3) is 0.296. The third kappa shape index (κ3) is 5.69. The first-order chi connectivity index (χ1) is 16.5. The van der Waals surface area contributed by atoms with E-state index in [9.17, 15) is 4.79 Å². The molecule has 4 rings (SSSR count). The summed E-state index contributed by atoms with van der Waals surface area (Å²) in [6.07, 6.45) is 1.69. The van der Waals surface area contributed by atoms with E-state index in [1.54, 1.807) is 19.2 Å². The van der Waals surface area contributed by atoms with Gasteiger partial charge in [-0.05, 0) is 89.4 Å². The first-order valence-corrected chi connectivity index (χ1v) is 12.6. The number of pyridine rings is 2. The maximum atomic E-state index is 13.3. The van der Waals surface area contributed by atoms with Crippen molar-refractivity contribution in [1.82, 2.24) is 14.7 Å². The van der Waals surface area contributed by atoms with Crippen LogP contribution in [-0.4, -0.2) is 15.5 Å². The number of nitrogens with zero attached hydrogens (tertiary/aromatic N) is 2. The highest BCUT2D eigenvalue weighted by molar-refractivity contribution is 7.97. The Balaban J connectivity index is 1.79. The largest absolute Gasteiger partial charge is 0.454 e. The van der Waals surface area contributed by atoms with Gasteiger partial charge in [-0.25, -0.2) is 4.98 Å². The molecule has 1 aromatic carbocycles. The quantitative estimate of drug-likeness (QED) is 0.212. The molecule has 35 heavy (non-hydrogen) atoms. The molecular formula is C27H29ClN4O2S. The Kier molecular flexibility index (Phi) is 7.22. The second-order valence-electron chi connectivity index (χ2n) is 9.64. The molecule has 0 aliphatic rings. The SMILES string of the molecule is Cc1cc(C(C)Nc2ccc(Cl)nc2SNC(C)(C)C)c2oc(-c3ccccn3)c(C)c(=O)c2c1. The number of aromatic nitrogens is 2. The van der Waals surface area contributed by atoms with Crippen LogP contribution in [0.25, 0.3) is 22.4 Å². The average Bonchev–Trinajstić information content (AvgIpc) is 2.81. The Bertz CT molecular complexity index is 1430. The second kappa shape index (κ2) is 10.0. The lowest BCUT2D eigenvalue weighted by Crippen LogP contribution is -2.30. The van der Waals surface area contributed by atoms with Gasteiger partial charge in [0.1, 0.15) is 21.5 Å². The van der Waals surface area contributed by atoms with Gasteiger partial charge in [-0.2, -0.15) is 0 Å². The summed E-state index contributed by atoms with van der Waals surface area (Å²) in [6.45, 7) is 12.1. The van der Waals surface area contributed by atoms with Crippen LogP contribution < -0.4 is 15.5 Å². The normalized spacial score (nSPS) is 12.7. The lowest BCUT2D eigenvalue weighted by Gasteiger charge is -2.22. The summed E-state index contributed by atoms with van der Waals surface area (Å²) < 4.78 is 9.77. The summed E-state index contributed by atoms with van der Waals surface area (Å²) >= 11 is 7.62. The lowest BCUT2D eigenvalue weighted by molar-refractivity contribution is 0.535. The van der Waals surface area contributed by atoms with Gasteiger partial charge in [-0.3, -0.25) is 14.5 Å². The van der Waals surface area contributed by atoms with E-state index in [1.165, 1.54) is 11.9 Å². The summed E-state index contributed by atoms with van der Waals surface area (Å²) in [6, 6.07) is 13.0. The van der Waals surface area contributed by atoms with E-state index in [2.05, 4.69) is 40.8 Å². The zero-order valence-corrected chi connectivity index (χ0v) is 22.3. The highest BCUT2D eigenvalue weighted by atomic mass is 35.5. The van der Waals surface area contributed by atoms with Crippen LogP contribution in [0.4, 0.5) is 5.69 Å². The second-order valence-corrected chi connectivity index (χ2v) is 10.8. The van der Waals surface area contributed by atoms with Crippen molar-refractivity contribution in [3.05, 3.63) is 80.7 Å². The Morgan fingerprint density at radius 3 is 2.57 bits per heavy atom. The highest BCUT2D eigenvalue weighted by Crippen LogP contribution is 2.34. The molecule has 1 unspecified atom stereocenters. The van der Waals surface area contributed by atoms with Gasteiger partial charge in [0.05, 0.1) is 17.1 Å². The minimum absolute atomic E-state index is 0.0529. The zero-order chi connectivity index (χ0) is 25.3. The summed E-state index contributed by atoms with van der Waals surface area (Å²) in [5.74, 6) is 0.485. The van der Waals surface area contributed by atoms with E-state index in [-0.39, 0.29) is 17.0 Å². The minimum atomic E-state index is -0.184. The number of fused-ring (bicyclic) bond motifs is 1. The first kappa shape index (κ1) is 25.2. The maximum absolute atomic E-state index is 13.3. The fourth-order valence-electron chi connectivity index (χ4n) is 3.75. The van der Waals surface area contributed by atoms with Crippen molar-refractivity contribution in [2.45, 2.75) is 58.1 Å². The van der Waals surface area contributed by atoms with Gasteiger partial charge in [0.25, 0.3) is 0 Å². The monoisotopic (exact) mass is 508 g/mol. The molecule has 0 aliphatic heterocycles. The number of nitrogens with one attached hydrogen (secondary N) is 2. The van der Waals surface area contributed by atoms with Crippen LogP contribution in [0.1, 0.15) is 50.4 Å².